The van der Waals surface area contributed by atoms with E-state index >= 15 is 0 Å². The summed E-state index contributed by atoms with van der Waals surface area (Å²) in [5, 5.41) is 18.0. The van der Waals surface area contributed by atoms with E-state index in [1.54, 1.807) is 0 Å². The Kier molecular flexibility index (Phi) is 4.65. The molecular weight excluding hydrogens is 202 g/mol. The van der Waals surface area contributed by atoms with E-state index in [4.69, 9.17) is 5.11 Å². The lowest BCUT2D eigenvalue weighted by Gasteiger charge is -2.10. The molecule has 2 N–H and O–H groups in total. The van der Waals surface area contributed by atoms with E-state index in [1.807, 2.05) is 0 Å². The van der Waals surface area contributed by atoms with Crippen molar-refractivity contribution >= 4 is 0 Å². The maximum absolute atomic E-state index is 13.1. The van der Waals surface area contributed by atoms with Gasteiger partial charge in [-0.3, -0.25) is 0 Å². The molecule has 0 saturated carbocycles. The highest BCUT2D eigenvalue weighted by molar-refractivity contribution is 5.20. The Morgan fingerprint density at radius 1 is 1.20 bits per heavy atom. The van der Waals surface area contributed by atoms with Crippen LogP contribution < -0.4 is 0 Å². The zero-order chi connectivity index (χ0) is 11.3. The van der Waals surface area contributed by atoms with Gasteiger partial charge in [0, 0.05) is 18.6 Å². The third-order valence-electron chi connectivity index (χ3n) is 2.20. The van der Waals surface area contributed by atoms with E-state index in [0.29, 0.717) is 12.8 Å². The highest BCUT2D eigenvalue weighted by Gasteiger charge is 2.13. The SMILES string of the molecule is OCCCC(O)Cc1c(F)cccc1F. The maximum atomic E-state index is 13.1. The Labute approximate surface area is 87.2 Å². The van der Waals surface area contributed by atoms with Crippen LogP contribution in [-0.4, -0.2) is 22.9 Å². The largest absolute Gasteiger partial charge is 0.396 e. The summed E-state index contributed by atoms with van der Waals surface area (Å²) in [5.41, 5.74) is -0.0945. The number of aliphatic hydroxyl groups is 2. The molecule has 4 heteroatoms. The summed E-state index contributed by atoms with van der Waals surface area (Å²) in [6.45, 7) is -0.0309. The van der Waals surface area contributed by atoms with Crippen LogP contribution in [0.2, 0.25) is 0 Å². The smallest absolute Gasteiger partial charge is 0.129 e. The first-order valence-electron chi connectivity index (χ1n) is 4.87. The van der Waals surface area contributed by atoms with Gasteiger partial charge in [0.1, 0.15) is 11.6 Å². The molecule has 0 spiro atoms. The predicted molar refractivity (Wildman–Crippen MR) is 52.4 cm³/mol. The summed E-state index contributed by atoms with van der Waals surface area (Å²) in [5.74, 6) is -1.28. The quantitative estimate of drug-likeness (QED) is 0.785. The molecule has 1 aromatic rings. The Morgan fingerprint density at radius 3 is 2.33 bits per heavy atom. The van der Waals surface area contributed by atoms with Crippen LogP contribution >= 0.6 is 0 Å². The molecule has 0 aliphatic rings. The number of benzene rings is 1. The molecule has 15 heavy (non-hydrogen) atoms. The summed E-state index contributed by atoms with van der Waals surface area (Å²) < 4.78 is 26.3. The minimum atomic E-state index is -0.816. The molecule has 84 valence electrons. The molecule has 1 rings (SSSR count). The molecule has 0 aromatic heterocycles. The minimum Gasteiger partial charge on any atom is -0.396 e. The average Bonchev–Trinajstić information content (AvgIpc) is 2.21. The molecule has 0 saturated heterocycles. The summed E-state index contributed by atoms with van der Waals surface area (Å²) in [6.07, 6.45) is -0.108. The fraction of sp³-hybridized carbons (Fsp3) is 0.455. The first-order valence-corrected chi connectivity index (χ1v) is 4.87. The van der Waals surface area contributed by atoms with E-state index in [-0.39, 0.29) is 18.6 Å². The van der Waals surface area contributed by atoms with Crippen molar-refractivity contribution in [2.75, 3.05) is 6.61 Å². The van der Waals surface area contributed by atoms with Gasteiger partial charge in [0.15, 0.2) is 0 Å². The molecular formula is C11H14F2O2. The highest BCUT2D eigenvalue weighted by Crippen LogP contribution is 2.15. The summed E-state index contributed by atoms with van der Waals surface area (Å²) >= 11 is 0. The lowest BCUT2D eigenvalue weighted by molar-refractivity contribution is 0.148. The van der Waals surface area contributed by atoms with Crippen LogP contribution in [0.15, 0.2) is 18.2 Å². The van der Waals surface area contributed by atoms with Gasteiger partial charge in [0.05, 0.1) is 6.10 Å². The molecule has 0 amide bonds. The molecule has 1 unspecified atom stereocenters. The summed E-state index contributed by atoms with van der Waals surface area (Å²) in [6, 6.07) is 3.61. The van der Waals surface area contributed by atoms with E-state index in [1.165, 1.54) is 6.07 Å². The highest BCUT2D eigenvalue weighted by atomic mass is 19.1. The van der Waals surface area contributed by atoms with Crippen LogP contribution in [0.4, 0.5) is 8.78 Å². The van der Waals surface area contributed by atoms with Crippen molar-refractivity contribution in [1.29, 1.82) is 0 Å². The van der Waals surface area contributed by atoms with Gasteiger partial charge in [-0.1, -0.05) is 6.07 Å². The van der Waals surface area contributed by atoms with Crippen LogP contribution in [0.5, 0.6) is 0 Å². The standard InChI is InChI=1S/C11H14F2O2/c12-10-4-1-5-11(13)9(10)7-8(15)3-2-6-14/h1,4-5,8,14-15H,2-3,6-7H2. The van der Waals surface area contributed by atoms with Gasteiger partial charge in [-0.15, -0.1) is 0 Å². The molecule has 2 nitrogen and oxygen atoms in total. The van der Waals surface area contributed by atoms with Crippen molar-refractivity contribution in [2.45, 2.75) is 25.4 Å². The van der Waals surface area contributed by atoms with Crippen molar-refractivity contribution in [1.82, 2.24) is 0 Å². The molecule has 1 atom stereocenters. The number of halogens is 2. The first kappa shape index (κ1) is 12.1. The second-order valence-corrected chi connectivity index (χ2v) is 3.42. The topological polar surface area (TPSA) is 40.5 Å². The van der Waals surface area contributed by atoms with Gasteiger partial charge >= 0.3 is 0 Å². The Morgan fingerprint density at radius 2 is 1.80 bits per heavy atom. The van der Waals surface area contributed by atoms with Crippen LogP contribution in [0.1, 0.15) is 18.4 Å². The van der Waals surface area contributed by atoms with Gasteiger partial charge in [0.2, 0.25) is 0 Å². The molecule has 0 fully saturated rings. The number of rotatable bonds is 5. The van der Waals surface area contributed by atoms with Crippen molar-refractivity contribution in [3.8, 4) is 0 Å². The second-order valence-electron chi connectivity index (χ2n) is 3.42. The normalized spacial score (nSPS) is 12.8. The molecule has 0 aliphatic heterocycles. The van der Waals surface area contributed by atoms with E-state index in [9.17, 15) is 13.9 Å². The third-order valence-corrected chi connectivity index (χ3v) is 2.20. The predicted octanol–water partition coefficient (Wildman–Crippen LogP) is 1.64. The van der Waals surface area contributed by atoms with Gasteiger partial charge in [0.25, 0.3) is 0 Å². The molecule has 0 radical (unpaired) electrons. The molecule has 0 heterocycles. The lowest BCUT2D eigenvalue weighted by atomic mass is 10.0. The zero-order valence-electron chi connectivity index (χ0n) is 8.29. The second kappa shape index (κ2) is 5.78. The summed E-state index contributed by atoms with van der Waals surface area (Å²) in [7, 11) is 0. The maximum Gasteiger partial charge on any atom is 0.129 e. The van der Waals surface area contributed by atoms with Crippen molar-refractivity contribution < 1.29 is 19.0 Å². The zero-order valence-corrected chi connectivity index (χ0v) is 8.29. The fourth-order valence-corrected chi connectivity index (χ4v) is 1.39. The Hall–Kier alpha value is -1.00. The monoisotopic (exact) mass is 216 g/mol. The van der Waals surface area contributed by atoms with Crippen molar-refractivity contribution in [3.05, 3.63) is 35.4 Å². The minimum absolute atomic E-state index is 0.0309. The molecule has 0 aliphatic carbocycles. The van der Waals surface area contributed by atoms with Crippen LogP contribution in [0.25, 0.3) is 0 Å². The third kappa shape index (κ3) is 3.57. The van der Waals surface area contributed by atoms with Gasteiger partial charge < -0.3 is 10.2 Å². The van der Waals surface area contributed by atoms with Crippen LogP contribution in [0.3, 0.4) is 0 Å². The van der Waals surface area contributed by atoms with Gasteiger partial charge in [-0.05, 0) is 25.0 Å². The Balaban J connectivity index is 2.63. The first-order chi connectivity index (χ1) is 7.15. The van der Waals surface area contributed by atoms with Crippen LogP contribution in [-0.2, 0) is 6.42 Å². The number of hydrogen-bond acceptors (Lipinski definition) is 2. The number of hydrogen-bond donors (Lipinski definition) is 2. The summed E-state index contributed by atoms with van der Waals surface area (Å²) in [4.78, 5) is 0. The van der Waals surface area contributed by atoms with Gasteiger partial charge in [-0.25, -0.2) is 8.78 Å². The van der Waals surface area contributed by atoms with Crippen LogP contribution in [0, 0.1) is 11.6 Å². The molecule has 0 bridgehead atoms. The van der Waals surface area contributed by atoms with Gasteiger partial charge in [-0.2, -0.15) is 0 Å². The van der Waals surface area contributed by atoms with Crippen molar-refractivity contribution in [3.63, 3.8) is 0 Å². The number of aliphatic hydroxyl groups excluding tert-OH is 2. The van der Waals surface area contributed by atoms with Crippen molar-refractivity contribution in [2.24, 2.45) is 0 Å². The van der Waals surface area contributed by atoms with E-state index in [0.717, 1.165) is 12.1 Å². The Bertz CT molecular complexity index is 295. The fourth-order valence-electron chi connectivity index (χ4n) is 1.39. The average molecular weight is 216 g/mol. The molecule has 1 aromatic carbocycles. The van der Waals surface area contributed by atoms with E-state index < -0.39 is 17.7 Å². The lowest BCUT2D eigenvalue weighted by Crippen LogP contribution is -2.13. The van der Waals surface area contributed by atoms with E-state index in [2.05, 4.69) is 0 Å².